The molecule has 11 heteroatoms. The predicted octanol–water partition coefficient (Wildman–Crippen LogP) is 3.21. The summed E-state index contributed by atoms with van der Waals surface area (Å²) in [5.41, 5.74) is -1.21. The number of oxazole rings is 1. The maximum absolute atomic E-state index is 13.1. The van der Waals surface area contributed by atoms with Gasteiger partial charge in [0.25, 0.3) is 0 Å². The highest BCUT2D eigenvalue weighted by molar-refractivity contribution is 7.15. The molecule has 128 valence electrons. The molecule has 0 aliphatic rings. The number of nitrogens with zero attached hydrogens (tertiary/aromatic N) is 2. The Morgan fingerprint density at radius 1 is 1.36 bits per heavy atom. The van der Waals surface area contributed by atoms with Crippen molar-refractivity contribution in [2.24, 2.45) is 0 Å². The Kier molecular flexibility index (Phi) is 3.06. The molecule has 0 fully saturated rings. The molecule has 0 unspecified atom stereocenters. The summed E-state index contributed by atoms with van der Waals surface area (Å²) in [5, 5.41) is 10.7. The van der Waals surface area contributed by atoms with E-state index in [9.17, 15) is 27.9 Å². The van der Waals surface area contributed by atoms with Gasteiger partial charge in [0.15, 0.2) is 21.9 Å². The van der Waals surface area contributed by atoms with Gasteiger partial charge in [-0.2, -0.15) is 13.2 Å². The minimum atomic E-state index is -4.89. The summed E-state index contributed by atoms with van der Waals surface area (Å²) in [4.78, 5) is 28.4. The highest BCUT2D eigenvalue weighted by Gasteiger charge is 2.41. The average Bonchev–Trinajstić information content (AvgIpc) is 3.15. The molecule has 4 rings (SSSR count). The minimum Gasteiger partial charge on any atom is -0.476 e. The molecule has 0 amide bonds. The standard InChI is InChI=1S/C14H6F3N3O4S/c15-14(16,17)10-9(11(21)22)20-7(4-25-12(20)19-10)5-1-2-6-8(3-5)24-13(23)18-6/h1-4H,(H,18,23)(H,21,22). The van der Waals surface area contributed by atoms with Gasteiger partial charge in [-0.3, -0.25) is 9.38 Å². The number of fused-ring (bicyclic) bond motifs is 2. The number of aromatic carboxylic acids is 1. The van der Waals surface area contributed by atoms with Crippen LogP contribution in [-0.4, -0.2) is 25.4 Å². The quantitative estimate of drug-likeness (QED) is 0.565. The van der Waals surface area contributed by atoms with Crippen molar-refractivity contribution in [2.45, 2.75) is 6.18 Å². The Bertz CT molecular complexity index is 1200. The first-order valence-electron chi connectivity index (χ1n) is 6.69. The highest BCUT2D eigenvalue weighted by atomic mass is 32.1. The maximum Gasteiger partial charge on any atom is 0.435 e. The smallest absolute Gasteiger partial charge is 0.435 e. The number of carboxylic acid groups (broad SMARTS) is 1. The van der Waals surface area contributed by atoms with E-state index in [0.29, 0.717) is 11.1 Å². The van der Waals surface area contributed by atoms with Crippen molar-refractivity contribution in [3.8, 4) is 11.3 Å². The molecule has 0 aliphatic heterocycles. The number of aromatic nitrogens is 3. The fraction of sp³-hybridized carbons (Fsp3) is 0.0714. The van der Waals surface area contributed by atoms with Gasteiger partial charge in [0, 0.05) is 10.9 Å². The van der Waals surface area contributed by atoms with Crippen molar-refractivity contribution in [3.05, 3.63) is 45.5 Å². The van der Waals surface area contributed by atoms with Crippen LogP contribution in [0.1, 0.15) is 16.2 Å². The zero-order valence-electron chi connectivity index (χ0n) is 11.9. The van der Waals surface area contributed by atoms with Gasteiger partial charge in [0.2, 0.25) is 0 Å². The number of hydrogen-bond acceptors (Lipinski definition) is 5. The number of benzene rings is 1. The summed E-state index contributed by atoms with van der Waals surface area (Å²) >= 11 is 0.876. The van der Waals surface area contributed by atoms with Crippen molar-refractivity contribution < 1.29 is 27.5 Å². The summed E-state index contributed by atoms with van der Waals surface area (Å²) in [6.07, 6.45) is -4.89. The molecule has 0 bridgehead atoms. The minimum absolute atomic E-state index is 0.102. The van der Waals surface area contributed by atoms with Crippen molar-refractivity contribution in [2.75, 3.05) is 0 Å². The van der Waals surface area contributed by atoms with Crippen molar-refractivity contribution in [1.29, 1.82) is 0 Å². The van der Waals surface area contributed by atoms with Gasteiger partial charge in [-0.1, -0.05) is 6.07 Å². The zero-order chi connectivity index (χ0) is 17.9. The molecule has 1 aromatic carbocycles. The van der Waals surface area contributed by atoms with E-state index in [4.69, 9.17) is 4.42 Å². The molecule has 3 heterocycles. The maximum atomic E-state index is 13.1. The average molecular weight is 369 g/mol. The predicted molar refractivity (Wildman–Crippen MR) is 80.9 cm³/mol. The van der Waals surface area contributed by atoms with Crippen LogP contribution < -0.4 is 5.76 Å². The van der Waals surface area contributed by atoms with Crippen LogP contribution in [0.15, 0.2) is 32.8 Å². The number of carboxylic acids is 1. The molecule has 7 nitrogen and oxygen atoms in total. The van der Waals surface area contributed by atoms with Crippen LogP contribution in [0.5, 0.6) is 0 Å². The first-order chi connectivity index (χ1) is 11.8. The van der Waals surface area contributed by atoms with E-state index < -0.39 is 29.3 Å². The summed E-state index contributed by atoms with van der Waals surface area (Å²) in [6.45, 7) is 0. The molecule has 3 aromatic heterocycles. The van der Waals surface area contributed by atoms with E-state index in [1.165, 1.54) is 23.6 Å². The molecule has 0 spiro atoms. The van der Waals surface area contributed by atoms with Crippen molar-refractivity contribution in [1.82, 2.24) is 14.4 Å². The van der Waals surface area contributed by atoms with E-state index in [2.05, 4.69) is 9.97 Å². The van der Waals surface area contributed by atoms with Crippen molar-refractivity contribution >= 4 is 33.4 Å². The van der Waals surface area contributed by atoms with Gasteiger partial charge in [-0.05, 0) is 12.1 Å². The van der Waals surface area contributed by atoms with Crippen LogP contribution in [0.4, 0.5) is 13.2 Å². The van der Waals surface area contributed by atoms with E-state index in [0.717, 1.165) is 15.7 Å². The van der Waals surface area contributed by atoms with E-state index in [1.54, 1.807) is 0 Å². The second-order valence-corrected chi connectivity index (χ2v) is 5.91. The Labute approximate surface area is 139 Å². The number of imidazole rings is 1. The molecule has 2 N–H and O–H groups in total. The summed E-state index contributed by atoms with van der Waals surface area (Å²) in [5.74, 6) is -2.41. The van der Waals surface area contributed by atoms with Crippen LogP contribution in [0.25, 0.3) is 27.3 Å². The van der Waals surface area contributed by atoms with Crippen LogP contribution in [0.3, 0.4) is 0 Å². The third-order valence-electron chi connectivity index (χ3n) is 3.55. The van der Waals surface area contributed by atoms with Crippen LogP contribution in [-0.2, 0) is 6.18 Å². The molecule has 0 saturated carbocycles. The molecular formula is C14H6F3N3O4S. The number of thiazole rings is 1. The van der Waals surface area contributed by atoms with Crippen molar-refractivity contribution in [3.63, 3.8) is 0 Å². The lowest BCUT2D eigenvalue weighted by Crippen LogP contribution is -2.14. The molecule has 0 atom stereocenters. The van der Waals surface area contributed by atoms with Gasteiger partial charge in [0.05, 0.1) is 11.2 Å². The second kappa shape index (κ2) is 4.96. The van der Waals surface area contributed by atoms with Gasteiger partial charge < -0.3 is 9.52 Å². The number of aromatic amines is 1. The first-order valence-corrected chi connectivity index (χ1v) is 7.57. The number of hydrogen-bond donors (Lipinski definition) is 2. The molecule has 0 aliphatic carbocycles. The molecule has 4 aromatic rings. The SMILES string of the molecule is O=C(O)c1c(C(F)(F)F)nc2scc(-c3ccc4[nH]c(=O)oc4c3)n12. The number of nitrogens with one attached hydrogen (secondary N) is 1. The monoisotopic (exact) mass is 369 g/mol. The van der Waals surface area contributed by atoms with E-state index in [-0.39, 0.29) is 16.2 Å². The summed E-state index contributed by atoms with van der Waals surface area (Å²) in [6, 6.07) is 4.49. The van der Waals surface area contributed by atoms with Gasteiger partial charge in [0.1, 0.15) is 0 Å². The second-order valence-electron chi connectivity index (χ2n) is 5.08. The topological polar surface area (TPSA) is 101 Å². The van der Waals surface area contributed by atoms with Crippen LogP contribution >= 0.6 is 11.3 Å². The number of alkyl halides is 3. The van der Waals surface area contributed by atoms with Gasteiger partial charge in [-0.15, -0.1) is 11.3 Å². The lowest BCUT2D eigenvalue weighted by atomic mass is 10.1. The molecule has 25 heavy (non-hydrogen) atoms. The van der Waals surface area contributed by atoms with E-state index >= 15 is 0 Å². The summed E-state index contributed by atoms with van der Waals surface area (Å²) in [7, 11) is 0. The lowest BCUT2D eigenvalue weighted by Gasteiger charge is -2.06. The van der Waals surface area contributed by atoms with Gasteiger partial charge >= 0.3 is 17.9 Å². The first kappa shape index (κ1) is 15.4. The highest BCUT2D eigenvalue weighted by Crippen LogP contribution is 2.36. The fourth-order valence-corrected chi connectivity index (χ4v) is 3.46. The molecule has 0 saturated heterocycles. The zero-order valence-corrected chi connectivity index (χ0v) is 12.7. The lowest BCUT2D eigenvalue weighted by molar-refractivity contribution is -0.141. The summed E-state index contributed by atoms with van der Waals surface area (Å²) < 4.78 is 45.1. The third kappa shape index (κ3) is 2.31. The number of carbonyl (C=O) groups is 1. The number of H-pyrrole nitrogens is 1. The third-order valence-corrected chi connectivity index (χ3v) is 4.38. The number of rotatable bonds is 2. The number of halogens is 3. The van der Waals surface area contributed by atoms with Crippen LogP contribution in [0.2, 0.25) is 0 Å². The Hall–Kier alpha value is -3.08. The van der Waals surface area contributed by atoms with Gasteiger partial charge in [-0.25, -0.2) is 14.6 Å². The normalized spacial score (nSPS) is 12.3. The Morgan fingerprint density at radius 2 is 2.12 bits per heavy atom. The Balaban J connectivity index is 2.02. The van der Waals surface area contributed by atoms with Crippen LogP contribution in [0, 0.1) is 0 Å². The largest absolute Gasteiger partial charge is 0.476 e. The molecular weight excluding hydrogens is 363 g/mol. The fourth-order valence-electron chi connectivity index (χ4n) is 2.56. The van der Waals surface area contributed by atoms with E-state index in [1.807, 2.05) is 0 Å². The molecule has 0 radical (unpaired) electrons. The Morgan fingerprint density at radius 3 is 2.80 bits per heavy atom.